The van der Waals surface area contributed by atoms with Gasteiger partial charge in [-0.2, -0.15) is 0 Å². The molecule has 0 radical (unpaired) electrons. The fourth-order valence-electron chi connectivity index (χ4n) is 2.08. The summed E-state index contributed by atoms with van der Waals surface area (Å²) in [5.74, 6) is 0.0736. The van der Waals surface area contributed by atoms with Crippen molar-refractivity contribution < 1.29 is 4.79 Å². The molecule has 0 aliphatic heterocycles. The number of carbonyl (C=O) groups is 1. The van der Waals surface area contributed by atoms with Gasteiger partial charge in [0.2, 0.25) is 5.91 Å². The summed E-state index contributed by atoms with van der Waals surface area (Å²) >= 11 is 0. The number of nitrogens with one attached hydrogen (secondary N) is 1. The molecule has 0 spiro atoms. The molecule has 1 amide bonds. The maximum atomic E-state index is 11.7. The first-order valence-electron chi connectivity index (χ1n) is 6.88. The third-order valence-electron chi connectivity index (χ3n) is 3.17. The molecule has 1 aromatic carbocycles. The monoisotopic (exact) mass is 259 g/mol. The molecule has 1 heterocycles. The van der Waals surface area contributed by atoms with Crippen LogP contribution in [0.4, 0.5) is 5.69 Å². The molecule has 2 rings (SSSR count). The highest BCUT2D eigenvalue weighted by Gasteiger charge is 2.07. The van der Waals surface area contributed by atoms with Gasteiger partial charge in [-0.15, -0.1) is 0 Å². The van der Waals surface area contributed by atoms with Gasteiger partial charge < -0.3 is 9.88 Å². The van der Waals surface area contributed by atoms with Crippen LogP contribution in [-0.2, 0) is 4.79 Å². The van der Waals surface area contributed by atoms with Gasteiger partial charge in [0.05, 0.1) is 17.4 Å². The second-order valence-corrected chi connectivity index (χ2v) is 5.10. The van der Waals surface area contributed by atoms with Crippen LogP contribution in [-0.4, -0.2) is 15.5 Å². The number of amides is 1. The van der Waals surface area contributed by atoms with Crippen LogP contribution >= 0.6 is 0 Å². The van der Waals surface area contributed by atoms with Crippen molar-refractivity contribution >= 4 is 22.6 Å². The lowest BCUT2D eigenvalue weighted by Crippen LogP contribution is -2.10. The van der Waals surface area contributed by atoms with Crippen molar-refractivity contribution in [1.29, 1.82) is 0 Å². The van der Waals surface area contributed by atoms with E-state index in [0.29, 0.717) is 12.5 Å². The lowest BCUT2D eigenvalue weighted by atomic mass is 10.2. The van der Waals surface area contributed by atoms with Gasteiger partial charge in [-0.1, -0.05) is 13.3 Å². The topological polar surface area (TPSA) is 46.9 Å². The Morgan fingerprint density at radius 3 is 2.89 bits per heavy atom. The van der Waals surface area contributed by atoms with Crippen LogP contribution < -0.4 is 5.32 Å². The summed E-state index contributed by atoms with van der Waals surface area (Å²) in [5, 5.41) is 2.92. The fraction of sp³-hybridized carbons (Fsp3) is 0.467. The average molecular weight is 259 g/mol. The maximum Gasteiger partial charge on any atom is 0.224 e. The van der Waals surface area contributed by atoms with Gasteiger partial charge in [-0.3, -0.25) is 4.79 Å². The Hall–Kier alpha value is -1.84. The Bertz CT molecular complexity index is 572. The first kappa shape index (κ1) is 13.6. The van der Waals surface area contributed by atoms with Gasteiger partial charge in [0, 0.05) is 18.2 Å². The first-order valence-corrected chi connectivity index (χ1v) is 6.88. The third kappa shape index (κ3) is 3.13. The number of nitrogens with zero attached hydrogens (tertiary/aromatic N) is 2. The molecular weight excluding hydrogens is 238 g/mol. The van der Waals surface area contributed by atoms with E-state index >= 15 is 0 Å². The van der Waals surface area contributed by atoms with Crippen molar-refractivity contribution in [3.8, 4) is 0 Å². The van der Waals surface area contributed by atoms with Gasteiger partial charge in [-0.25, -0.2) is 4.98 Å². The van der Waals surface area contributed by atoms with E-state index in [9.17, 15) is 4.79 Å². The van der Waals surface area contributed by atoms with Crippen molar-refractivity contribution in [2.45, 2.75) is 46.1 Å². The highest BCUT2D eigenvalue weighted by atomic mass is 16.1. The minimum absolute atomic E-state index is 0.0736. The fourth-order valence-corrected chi connectivity index (χ4v) is 2.08. The molecule has 102 valence electrons. The van der Waals surface area contributed by atoms with Crippen LogP contribution in [0.1, 0.15) is 46.1 Å². The van der Waals surface area contributed by atoms with Gasteiger partial charge in [-0.05, 0) is 38.5 Å². The summed E-state index contributed by atoms with van der Waals surface area (Å²) in [7, 11) is 0. The predicted molar refractivity (Wildman–Crippen MR) is 78.3 cm³/mol. The van der Waals surface area contributed by atoms with Crippen LogP contribution in [0.15, 0.2) is 24.5 Å². The van der Waals surface area contributed by atoms with Crippen molar-refractivity contribution in [2.75, 3.05) is 5.32 Å². The predicted octanol–water partition coefficient (Wildman–Crippen LogP) is 3.75. The number of unbranched alkanes of at least 4 members (excludes halogenated alkanes) is 1. The number of hydrogen-bond donors (Lipinski definition) is 1. The Labute approximate surface area is 113 Å². The van der Waals surface area contributed by atoms with E-state index in [1.54, 1.807) is 0 Å². The molecule has 0 aliphatic carbocycles. The molecule has 19 heavy (non-hydrogen) atoms. The molecule has 4 nitrogen and oxygen atoms in total. The summed E-state index contributed by atoms with van der Waals surface area (Å²) in [6.07, 6.45) is 4.38. The number of carbonyl (C=O) groups excluding carboxylic acids is 1. The van der Waals surface area contributed by atoms with E-state index in [0.717, 1.165) is 29.6 Å². The molecule has 0 bridgehead atoms. The molecule has 2 aromatic rings. The smallest absolute Gasteiger partial charge is 0.224 e. The quantitative estimate of drug-likeness (QED) is 0.889. The summed E-state index contributed by atoms with van der Waals surface area (Å²) < 4.78 is 2.12. The maximum absolute atomic E-state index is 11.7. The number of rotatable bonds is 5. The van der Waals surface area contributed by atoms with E-state index < -0.39 is 0 Å². The highest BCUT2D eigenvalue weighted by molar-refractivity contribution is 5.93. The van der Waals surface area contributed by atoms with Crippen molar-refractivity contribution in [1.82, 2.24) is 9.55 Å². The Morgan fingerprint density at radius 2 is 2.21 bits per heavy atom. The van der Waals surface area contributed by atoms with Gasteiger partial charge in [0.15, 0.2) is 0 Å². The summed E-state index contributed by atoms with van der Waals surface area (Å²) in [6.45, 7) is 6.33. The molecule has 0 fully saturated rings. The third-order valence-corrected chi connectivity index (χ3v) is 3.17. The zero-order valence-corrected chi connectivity index (χ0v) is 11.8. The molecule has 1 aromatic heterocycles. The van der Waals surface area contributed by atoms with Crippen LogP contribution in [0, 0.1) is 0 Å². The van der Waals surface area contributed by atoms with E-state index in [1.807, 2.05) is 24.5 Å². The molecule has 0 saturated heterocycles. The molecular formula is C15H21N3O. The minimum Gasteiger partial charge on any atom is -0.328 e. The molecule has 0 saturated carbocycles. The molecule has 0 unspecified atom stereocenters. The van der Waals surface area contributed by atoms with E-state index in [-0.39, 0.29) is 5.91 Å². The molecule has 0 aliphatic rings. The first-order chi connectivity index (χ1) is 9.11. The van der Waals surface area contributed by atoms with E-state index in [2.05, 4.69) is 35.6 Å². The zero-order valence-electron chi connectivity index (χ0n) is 11.8. The van der Waals surface area contributed by atoms with Crippen LogP contribution in [0.5, 0.6) is 0 Å². The highest BCUT2D eigenvalue weighted by Crippen LogP contribution is 2.21. The normalized spacial score (nSPS) is 11.2. The largest absolute Gasteiger partial charge is 0.328 e. The number of imidazole rings is 1. The standard InChI is InChI=1S/C15H21N3O/c1-4-5-6-15(19)17-12-7-8-14-13(9-12)16-10-18(14)11(2)3/h7-11H,4-6H2,1-3H3,(H,17,19). The van der Waals surface area contributed by atoms with Gasteiger partial charge in [0.1, 0.15) is 0 Å². The van der Waals surface area contributed by atoms with Crippen LogP contribution in [0.25, 0.3) is 11.0 Å². The number of aromatic nitrogens is 2. The number of benzene rings is 1. The Kier molecular flexibility index (Phi) is 4.20. The van der Waals surface area contributed by atoms with Crippen molar-refractivity contribution in [2.24, 2.45) is 0 Å². The SMILES string of the molecule is CCCCC(=O)Nc1ccc2c(c1)ncn2C(C)C. The molecule has 0 atom stereocenters. The molecule has 1 N–H and O–H groups in total. The minimum atomic E-state index is 0.0736. The summed E-state index contributed by atoms with van der Waals surface area (Å²) in [6, 6.07) is 6.26. The van der Waals surface area contributed by atoms with Gasteiger partial charge >= 0.3 is 0 Å². The number of anilines is 1. The lowest BCUT2D eigenvalue weighted by Gasteiger charge is -2.08. The second kappa shape index (κ2) is 5.87. The number of fused-ring (bicyclic) bond motifs is 1. The Morgan fingerprint density at radius 1 is 1.42 bits per heavy atom. The van der Waals surface area contributed by atoms with E-state index in [4.69, 9.17) is 0 Å². The second-order valence-electron chi connectivity index (χ2n) is 5.10. The van der Waals surface area contributed by atoms with Gasteiger partial charge in [0.25, 0.3) is 0 Å². The number of hydrogen-bond acceptors (Lipinski definition) is 2. The van der Waals surface area contributed by atoms with E-state index in [1.165, 1.54) is 0 Å². The zero-order chi connectivity index (χ0) is 13.8. The Balaban J connectivity index is 2.16. The lowest BCUT2D eigenvalue weighted by molar-refractivity contribution is -0.116. The molecule has 4 heteroatoms. The van der Waals surface area contributed by atoms with Crippen molar-refractivity contribution in [3.05, 3.63) is 24.5 Å². The summed E-state index contributed by atoms with van der Waals surface area (Å²) in [5.41, 5.74) is 2.84. The van der Waals surface area contributed by atoms with Crippen LogP contribution in [0.3, 0.4) is 0 Å². The van der Waals surface area contributed by atoms with Crippen LogP contribution in [0.2, 0.25) is 0 Å². The summed E-state index contributed by atoms with van der Waals surface area (Å²) in [4.78, 5) is 16.1. The average Bonchev–Trinajstić information content (AvgIpc) is 2.79. The van der Waals surface area contributed by atoms with Crippen molar-refractivity contribution in [3.63, 3.8) is 0 Å².